The largest absolute Gasteiger partial charge is 0.491 e. The number of ether oxygens (including phenoxy) is 1. The van der Waals surface area contributed by atoms with Crippen molar-refractivity contribution in [3.8, 4) is 5.75 Å². The van der Waals surface area contributed by atoms with Crippen LogP contribution in [0.3, 0.4) is 0 Å². The summed E-state index contributed by atoms with van der Waals surface area (Å²) in [5.74, 6) is 1.60. The lowest BCUT2D eigenvalue weighted by Crippen LogP contribution is -2.09. The highest BCUT2D eigenvalue weighted by molar-refractivity contribution is 6.32. The first-order valence-electron chi connectivity index (χ1n) is 5.77. The third-order valence-corrected chi connectivity index (χ3v) is 3.07. The van der Waals surface area contributed by atoms with Crippen molar-refractivity contribution in [1.82, 2.24) is 5.32 Å². The normalized spacial score (nSPS) is 15.2. The lowest BCUT2D eigenvalue weighted by Gasteiger charge is -2.13. The van der Waals surface area contributed by atoms with E-state index in [9.17, 15) is 0 Å². The minimum atomic E-state index is 0.728. The summed E-state index contributed by atoms with van der Waals surface area (Å²) in [7, 11) is 1.93. The summed E-state index contributed by atoms with van der Waals surface area (Å²) in [6, 6.07) is 4.09. The van der Waals surface area contributed by atoms with Crippen LogP contribution in [-0.4, -0.2) is 13.7 Å². The number of nitrogens with one attached hydrogen (secondary N) is 1. The molecular weight excluding hydrogens is 222 g/mol. The van der Waals surface area contributed by atoms with Gasteiger partial charge in [-0.15, -0.1) is 0 Å². The molecule has 16 heavy (non-hydrogen) atoms. The van der Waals surface area contributed by atoms with Crippen LogP contribution < -0.4 is 10.1 Å². The topological polar surface area (TPSA) is 21.3 Å². The van der Waals surface area contributed by atoms with Crippen LogP contribution in [0.5, 0.6) is 5.75 Å². The lowest BCUT2D eigenvalue weighted by molar-refractivity contribution is 0.296. The Kier molecular flexibility index (Phi) is 3.72. The molecule has 0 radical (unpaired) electrons. The van der Waals surface area contributed by atoms with Gasteiger partial charge in [0.25, 0.3) is 0 Å². The molecule has 0 atom stereocenters. The maximum atomic E-state index is 6.22. The van der Waals surface area contributed by atoms with Crippen LogP contribution in [-0.2, 0) is 6.54 Å². The van der Waals surface area contributed by atoms with Crippen molar-refractivity contribution in [1.29, 1.82) is 0 Å². The predicted octanol–water partition coefficient (Wildman–Crippen LogP) is 3.16. The molecule has 1 fully saturated rings. The Morgan fingerprint density at radius 1 is 1.44 bits per heavy atom. The molecule has 1 aliphatic rings. The molecule has 2 nitrogen and oxygen atoms in total. The minimum absolute atomic E-state index is 0.728. The van der Waals surface area contributed by atoms with Crippen LogP contribution in [0.2, 0.25) is 5.02 Å². The summed E-state index contributed by atoms with van der Waals surface area (Å²) >= 11 is 6.22. The van der Waals surface area contributed by atoms with Gasteiger partial charge in [-0.25, -0.2) is 0 Å². The van der Waals surface area contributed by atoms with Gasteiger partial charge in [0.2, 0.25) is 0 Å². The van der Waals surface area contributed by atoms with Gasteiger partial charge in [0.05, 0.1) is 11.6 Å². The van der Waals surface area contributed by atoms with Gasteiger partial charge in [0.1, 0.15) is 5.75 Å². The van der Waals surface area contributed by atoms with E-state index in [2.05, 4.69) is 18.3 Å². The average molecular weight is 240 g/mol. The standard InChI is InChI=1S/C13H18ClNO/c1-9-5-11(7-15-2)13(12(14)6-9)16-8-10-3-4-10/h5-6,10,15H,3-4,7-8H2,1-2H3. The Morgan fingerprint density at radius 3 is 2.81 bits per heavy atom. The summed E-state index contributed by atoms with van der Waals surface area (Å²) in [5.41, 5.74) is 2.32. The van der Waals surface area contributed by atoms with Crippen molar-refractivity contribution in [2.45, 2.75) is 26.3 Å². The third-order valence-electron chi connectivity index (χ3n) is 2.79. The van der Waals surface area contributed by atoms with Crippen LogP contribution in [0.25, 0.3) is 0 Å². The van der Waals surface area contributed by atoms with Crippen molar-refractivity contribution in [3.63, 3.8) is 0 Å². The first kappa shape index (κ1) is 11.7. The van der Waals surface area contributed by atoms with Crippen molar-refractivity contribution in [3.05, 3.63) is 28.3 Å². The summed E-state index contributed by atoms with van der Waals surface area (Å²) < 4.78 is 5.83. The van der Waals surface area contributed by atoms with Gasteiger partial charge in [0, 0.05) is 12.1 Å². The zero-order valence-corrected chi connectivity index (χ0v) is 10.6. The first-order valence-corrected chi connectivity index (χ1v) is 6.15. The van der Waals surface area contributed by atoms with E-state index in [-0.39, 0.29) is 0 Å². The van der Waals surface area contributed by atoms with E-state index in [1.54, 1.807) is 0 Å². The van der Waals surface area contributed by atoms with Gasteiger partial charge in [0.15, 0.2) is 0 Å². The molecule has 0 aromatic heterocycles. The molecule has 88 valence electrons. The molecule has 1 aromatic carbocycles. The highest BCUT2D eigenvalue weighted by Crippen LogP contribution is 2.34. The maximum absolute atomic E-state index is 6.22. The Hall–Kier alpha value is -0.730. The molecule has 0 saturated heterocycles. The van der Waals surface area contributed by atoms with Gasteiger partial charge in [-0.1, -0.05) is 17.7 Å². The summed E-state index contributed by atoms with van der Waals surface area (Å²) in [5, 5.41) is 3.87. The molecule has 0 heterocycles. The Balaban J connectivity index is 2.16. The fraction of sp³-hybridized carbons (Fsp3) is 0.538. The fourth-order valence-corrected chi connectivity index (χ4v) is 2.12. The van der Waals surface area contributed by atoms with E-state index >= 15 is 0 Å². The van der Waals surface area contributed by atoms with E-state index in [1.807, 2.05) is 13.1 Å². The molecule has 0 amide bonds. The molecule has 0 bridgehead atoms. The van der Waals surface area contributed by atoms with E-state index in [0.29, 0.717) is 0 Å². The van der Waals surface area contributed by atoms with Gasteiger partial charge in [-0.2, -0.15) is 0 Å². The highest BCUT2D eigenvalue weighted by atomic mass is 35.5. The number of hydrogen-bond acceptors (Lipinski definition) is 2. The monoisotopic (exact) mass is 239 g/mol. The number of halogens is 1. The first-order chi connectivity index (χ1) is 7.70. The highest BCUT2D eigenvalue weighted by Gasteiger charge is 2.23. The summed E-state index contributed by atoms with van der Waals surface area (Å²) in [6.07, 6.45) is 2.59. The van der Waals surface area contributed by atoms with Crippen molar-refractivity contribution in [2.24, 2.45) is 5.92 Å². The van der Waals surface area contributed by atoms with Crippen LogP contribution >= 0.6 is 11.6 Å². The number of rotatable bonds is 5. The van der Waals surface area contributed by atoms with Crippen LogP contribution in [0, 0.1) is 12.8 Å². The summed E-state index contributed by atoms with van der Waals surface area (Å²) in [6.45, 7) is 3.65. The second-order valence-corrected chi connectivity index (χ2v) is 4.93. The maximum Gasteiger partial charge on any atom is 0.142 e. The quantitative estimate of drug-likeness (QED) is 0.852. The molecule has 3 heteroatoms. The van der Waals surface area contributed by atoms with E-state index in [0.717, 1.165) is 35.4 Å². The molecule has 1 N–H and O–H groups in total. The van der Waals surface area contributed by atoms with Crippen LogP contribution in [0.15, 0.2) is 12.1 Å². The number of aryl methyl sites for hydroxylation is 1. The molecule has 0 unspecified atom stereocenters. The summed E-state index contributed by atoms with van der Waals surface area (Å²) in [4.78, 5) is 0. The van der Waals surface area contributed by atoms with Crippen LogP contribution in [0.1, 0.15) is 24.0 Å². The average Bonchev–Trinajstić information content (AvgIpc) is 3.00. The molecule has 1 aromatic rings. The minimum Gasteiger partial charge on any atom is -0.491 e. The Morgan fingerprint density at radius 2 is 2.19 bits per heavy atom. The van der Waals surface area contributed by atoms with Crippen LogP contribution in [0.4, 0.5) is 0 Å². The molecule has 0 aliphatic heterocycles. The Labute approximate surface area is 102 Å². The number of hydrogen-bond donors (Lipinski definition) is 1. The van der Waals surface area contributed by atoms with Gasteiger partial charge in [-0.05, 0) is 44.4 Å². The van der Waals surface area contributed by atoms with Gasteiger partial charge in [-0.3, -0.25) is 0 Å². The molecule has 2 rings (SSSR count). The van der Waals surface area contributed by atoms with Crippen molar-refractivity contribution < 1.29 is 4.74 Å². The molecule has 1 aliphatic carbocycles. The SMILES string of the molecule is CNCc1cc(C)cc(Cl)c1OCC1CC1. The smallest absolute Gasteiger partial charge is 0.142 e. The van der Waals surface area contributed by atoms with Crippen molar-refractivity contribution >= 4 is 11.6 Å². The zero-order chi connectivity index (χ0) is 11.5. The number of benzene rings is 1. The molecule has 1 saturated carbocycles. The molecular formula is C13H18ClNO. The van der Waals surface area contributed by atoms with Gasteiger partial charge < -0.3 is 10.1 Å². The third kappa shape index (κ3) is 2.89. The van der Waals surface area contributed by atoms with Crippen molar-refractivity contribution in [2.75, 3.05) is 13.7 Å². The lowest BCUT2D eigenvalue weighted by atomic mass is 10.1. The van der Waals surface area contributed by atoms with E-state index < -0.39 is 0 Å². The second-order valence-electron chi connectivity index (χ2n) is 4.52. The Bertz CT molecular complexity index is 374. The predicted molar refractivity (Wildman–Crippen MR) is 67.2 cm³/mol. The zero-order valence-electron chi connectivity index (χ0n) is 9.85. The van der Waals surface area contributed by atoms with E-state index in [4.69, 9.17) is 16.3 Å². The fourth-order valence-electron chi connectivity index (χ4n) is 1.77. The van der Waals surface area contributed by atoms with Gasteiger partial charge >= 0.3 is 0 Å². The second kappa shape index (κ2) is 5.07. The molecule has 0 spiro atoms. The van der Waals surface area contributed by atoms with E-state index in [1.165, 1.54) is 18.4 Å².